The van der Waals surface area contributed by atoms with Gasteiger partial charge < -0.3 is 14.5 Å². The predicted molar refractivity (Wildman–Crippen MR) is 103 cm³/mol. The SMILES string of the molecule is COc1cc(C(C)C)ccc1CC(=O)N1CCN(C(=O)C(C)(C)C)CC1. The van der Waals surface area contributed by atoms with Crippen LogP contribution in [0.2, 0.25) is 0 Å². The van der Waals surface area contributed by atoms with Gasteiger partial charge in [0, 0.05) is 37.2 Å². The van der Waals surface area contributed by atoms with E-state index in [1.54, 1.807) is 7.11 Å². The maximum absolute atomic E-state index is 12.7. The Balaban J connectivity index is 1.98. The number of rotatable bonds is 4. The van der Waals surface area contributed by atoms with E-state index in [0.29, 0.717) is 38.5 Å². The zero-order chi connectivity index (χ0) is 19.5. The molecule has 0 saturated carbocycles. The first-order valence-electron chi connectivity index (χ1n) is 9.37. The van der Waals surface area contributed by atoms with E-state index in [4.69, 9.17) is 4.74 Å². The molecule has 0 spiro atoms. The van der Waals surface area contributed by atoms with E-state index in [9.17, 15) is 9.59 Å². The molecule has 1 aromatic rings. The summed E-state index contributed by atoms with van der Waals surface area (Å²) in [5.74, 6) is 1.42. The molecule has 26 heavy (non-hydrogen) atoms. The van der Waals surface area contributed by atoms with Crippen molar-refractivity contribution in [1.82, 2.24) is 9.80 Å². The molecule has 2 rings (SSSR count). The fraction of sp³-hybridized carbons (Fsp3) is 0.619. The van der Waals surface area contributed by atoms with Gasteiger partial charge in [0.05, 0.1) is 13.5 Å². The molecule has 1 aliphatic rings. The second kappa shape index (κ2) is 8.11. The topological polar surface area (TPSA) is 49.9 Å². The van der Waals surface area contributed by atoms with Crippen LogP contribution < -0.4 is 4.74 Å². The molecular weight excluding hydrogens is 328 g/mol. The summed E-state index contributed by atoms with van der Waals surface area (Å²) in [6.07, 6.45) is 0.328. The molecule has 1 saturated heterocycles. The highest BCUT2D eigenvalue weighted by Crippen LogP contribution is 2.26. The van der Waals surface area contributed by atoms with Gasteiger partial charge >= 0.3 is 0 Å². The van der Waals surface area contributed by atoms with Gasteiger partial charge in [0.1, 0.15) is 5.75 Å². The molecule has 1 heterocycles. The normalized spacial score (nSPS) is 15.3. The number of ether oxygens (including phenoxy) is 1. The Bertz CT molecular complexity index is 654. The Hall–Kier alpha value is -2.04. The van der Waals surface area contributed by atoms with E-state index in [1.165, 1.54) is 5.56 Å². The summed E-state index contributed by atoms with van der Waals surface area (Å²) in [4.78, 5) is 28.8. The highest BCUT2D eigenvalue weighted by atomic mass is 16.5. The molecule has 0 radical (unpaired) electrons. The summed E-state index contributed by atoms with van der Waals surface area (Å²) in [5.41, 5.74) is 1.74. The van der Waals surface area contributed by atoms with E-state index in [0.717, 1.165) is 11.3 Å². The number of carbonyl (C=O) groups excluding carboxylic acids is 2. The van der Waals surface area contributed by atoms with Crippen molar-refractivity contribution in [3.63, 3.8) is 0 Å². The van der Waals surface area contributed by atoms with Crippen LogP contribution >= 0.6 is 0 Å². The van der Waals surface area contributed by atoms with Crippen LogP contribution in [0.5, 0.6) is 5.75 Å². The lowest BCUT2D eigenvalue weighted by Crippen LogP contribution is -2.53. The molecule has 144 valence electrons. The molecule has 0 atom stereocenters. The summed E-state index contributed by atoms with van der Waals surface area (Å²) in [6, 6.07) is 6.08. The quantitative estimate of drug-likeness (QED) is 0.829. The lowest BCUT2D eigenvalue weighted by molar-refractivity contribution is -0.144. The Morgan fingerprint density at radius 3 is 2.15 bits per heavy atom. The van der Waals surface area contributed by atoms with Crippen LogP contribution in [-0.4, -0.2) is 54.9 Å². The Kier molecular flexibility index (Phi) is 6.32. The third-order valence-corrected chi connectivity index (χ3v) is 4.88. The number of nitrogens with zero attached hydrogens (tertiary/aromatic N) is 2. The third kappa shape index (κ3) is 4.77. The van der Waals surface area contributed by atoms with E-state index in [-0.39, 0.29) is 17.2 Å². The van der Waals surface area contributed by atoms with Crippen molar-refractivity contribution in [2.24, 2.45) is 5.41 Å². The first-order chi connectivity index (χ1) is 12.1. The molecular formula is C21H32N2O3. The van der Waals surface area contributed by atoms with Gasteiger partial charge in [-0.2, -0.15) is 0 Å². The van der Waals surface area contributed by atoms with Crippen molar-refractivity contribution in [1.29, 1.82) is 0 Å². The van der Waals surface area contributed by atoms with Crippen molar-refractivity contribution < 1.29 is 14.3 Å². The van der Waals surface area contributed by atoms with Crippen LogP contribution in [0.1, 0.15) is 51.7 Å². The van der Waals surface area contributed by atoms with Crippen molar-refractivity contribution >= 4 is 11.8 Å². The van der Waals surface area contributed by atoms with Crippen molar-refractivity contribution in [2.75, 3.05) is 33.3 Å². The fourth-order valence-electron chi connectivity index (χ4n) is 3.17. The second-order valence-electron chi connectivity index (χ2n) is 8.33. The average Bonchev–Trinajstić information content (AvgIpc) is 2.60. The molecule has 0 unspecified atom stereocenters. The number of hydrogen-bond donors (Lipinski definition) is 0. The maximum Gasteiger partial charge on any atom is 0.228 e. The Morgan fingerprint density at radius 1 is 1.08 bits per heavy atom. The molecule has 5 nitrogen and oxygen atoms in total. The first kappa shape index (κ1) is 20.3. The van der Waals surface area contributed by atoms with Crippen LogP contribution in [-0.2, 0) is 16.0 Å². The average molecular weight is 360 g/mol. The molecule has 5 heteroatoms. The van der Waals surface area contributed by atoms with Gasteiger partial charge in [0.2, 0.25) is 11.8 Å². The van der Waals surface area contributed by atoms with Gasteiger partial charge in [0.25, 0.3) is 0 Å². The molecule has 2 amide bonds. The summed E-state index contributed by atoms with van der Waals surface area (Å²) >= 11 is 0. The number of hydrogen-bond acceptors (Lipinski definition) is 3. The highest BCUT2D eigenvalue weighted by Gasteiger charge is 2.30. The minimum absolute atomic E-state index is 0.0865. The molecule has 0 bridgehead atoms. The van der Waals surface area contributed by atoms with Crippen LogP contribution in [0.3, 0.4) is 0 Å². The van der Waals surface area contributed by atoms with Gasteiger partial charge in [-0.3, -0.25) is 9.59 Å². The fourth-order valence-corrected chi connectivity index (χ4v) is 3.17. The Morgan fingerprint density at radius 2 is 1.65 bits per heavy atom. The summed E-state index contributed by atoms with van der Waals surface area (Å²) in [6.45, 7) is 12.5. The van der Waals surface area contributed by atoms with E-state index < -0.39 is 0 Å². The van der Waals surface area contributed by atoms with E-state index >= 15 is 0 Å². The number of amides is 2. The molecule has 1 fully saturated rings. The van der Waals surface area contributed by atoms with Crippen LogP contribution in [0.4, 0.5) is 0 Å². The first-order valence-corrected chi connectivity index (χ1v) is 9.37. The zero-order valence-electron chi connectivity index (χ0n) is 17.0. The molecule has 1 aromatic carbocycles. The standard InChI is InChI=1S/C21H32N2O3/c1-15(2)16-7-8-17(18(13-16)26-6)14-19(24)22-9-11-23(12-10-22)20(25)21(3,4)5/h7-8,13,15H,9-12,14H2,1-6H3. The molecule has 0 aliphatic carbocycles. The van der Waals surface area contributed by atoms with Crippen LogP contribution in [0.15, 0.2) is 18.2 Å². The molecule has 1 aliphatic heterocycles. The van der Waals surface area contributed by atoms with Crippen LogP contribution in [0, 0.1) is 5.41 Å². The van der Waals surface area contributed by atoms with Crippen molar-refractivity contribution in [2.45, 2.75) is 47.0 Å². The minimum atomic E-state index is -0.377. The third-order valence-electron chi connectivity index (χ3n) is 4.88. The molecule has 0 N–H and O–H groups in total. The van der Waals surface area contributed by atoms with Crippen LogP contribution in [0.25, 0.3) is 0 Å². The number of benzene rings is 1. The second-order valence-corrected chi connectivity index (χ2v) is 8.33. The van der Waals surface area contributed by atoms with E-state index in [1.807, 2.05) is 42.7 Å². The summed E-state index contributed by atoms with van der Waals surface area (Å²) in [7, 11) is 1.64. The minimum Gasteiger partial charge on any atom is -0.496 e. The van der Waals surface area contributed by atoms with Crippen molar-refractivity contribution in [3.8, 4) is 5.75 Å². The predicted octanol–water partition coefficient (Wildman–Crippen LogP) is 3.08. The van der Waals surface area contributed by atoms with Gasteiger partial charge in [-0.15, -0.1) is 0 Å². The smallest absolute Gasteiger partial charge is 0.228 e. The Labute approximate surface area is 157 Å². The molecule has 0 aromatic heterocycles. The van der Waals surface area contributed by atoms with Gasteiger partial charge in [-0.05, 0) is 17.5 Å². The zero-order valence-corrected chi connectivity index (χ0v) is 17.0. The van der Waals surface area contributed by atoms with Gasteiger partial charge in [-0.1, -0.05) is 46.8 Å². The number of piperazine rings is 1. The number of carbonyl (C=O) groups is 2. The van der Waals surface area contributed by atoms with Gasteiger partial charge in [0.15, 0.2) is 0 Å². The van der Waals surface area contributed by atoms with Crippen molar-refractivity contribution in [3.05, 3.63) is 29.3 Å². The van der Waals surface area contributed by atoms with Gasteiger partial charge in [-0.25, -0.2) is 0 Å². The maximum atomic E-state index is 12.7. The summed E-state index contributed by atoms with van der Waals surface area (Å²) < 4.78 is 5.49. The summed E-state index contributed by atoms with van der Waals surface area (Å²) in [5, 5.41) is 0. The monoisotopic (exact) mass is 360 g/mol. The lowest BCUT2D eigenvalue weighted by atomic mass is 9.94. The highest BCUT2D eigenvalue weighted by molar-refractivity contribution is 5.83. The lowest BCUT2D eigenvalue weighted by Gasteiger charge is -2.37. The number of methoxy groups -OCH3 is 1. The van der Waals surface area contributed by atoms with E-state index in [2.05, 4.69) is 19.9 Å². The largest absolute Gasteiger partial charge is 0.496 e.